The quantitative estimate of drug-likeness (QED) is 0.804. The largest absolute Gasteiger partial charge is 0.367 e. The number of rotatable bonds is 3. The molecule has 0 bridgehead atoms. The first-order valence-electron chi connectivity index (χ1n) is 8.25. The van der Waals surface area contributed by atoms with Gasteiger partial charge in [0.2, 0.25) is 0 Å². The van der Waals surface area contributed by atoms with Crippen LogP contribution in [0.4, 0.5) is 5.82 Å². The van der Waals surface area contributed by atoms with E-state index in [4.69, 9.17) is 0 Å². The van der Waals surface area contributed by atoms with Crippen LogP contribution in [0.1, 0.15) is 37.2 Å². The van der Waals surface area contributed by atoms with Crippen molar-refractivity contribution >= 4 is 16.9 Å². The number of nitrogens with zero attached hydrogens (tertiary/aromatic N) is 4. The molecule has 0 radical (unpaired) electrons. The van der Waals surface area contributed by atoms with Gasteiger partial charge in [-0.2, -0.15) is 5.10 Å². The molecule has 4 rings (SSSR count). The monoisotopic (exact) mass is 307 g/mol. The minimum Gasteiger partial charge on any atom is -0.367 e. The summed E-state index contributed by atoms with van der Waals surface area (Å²) < 4.78 is 1.79. The van der Waals surface area contributed by atoms with Crippen LogP contribution in [0.2, 0.25) is 0 Å². The third kappa shape index (κ3) is 2.79. The predicted molar refractivity (Wildman–Crippen MR) is 91.4 cm³/mol. The van der Waals surface area contributed by atoms with E-state index in [0.717, 1.165) is 16.9 Å². The van der Waals surface area contributed by atoms with Gasteiger partial charge in [0.05, 0.1) is 11.6 Å². The Bertz CT molecular complexity index is 788. The summed E-state index contributed by atoms with van der Waals surface area (Å²) in [7, 11) is 1.91. The second-order valence-corrected chi connectivity index (χ2v) is 6.33. The Morgan fingerprint density at radius 2 is 1.83 bits per heavy atom. The molecule has 1 N–H and O–H groups in total. The summed E-state index contributed by atoms with van der Waals surface area (Å²) in [4.78, 5) is 8.71. The molecule has 118 valence electrons. The fourth-order valence-electron chi connectivity index (χ4n) is 3.57. The zero-order valence-electron chi connectivity index (χ0n) is 13.3. The van der Waals surface area contributed by atoms with Crippen LogP contribution in [0.15, 0.2) is 42.9 Å². The molecular weight excluding hydrogens is 286 g/mol. The van der Waals surface area contributed by atoms with Crippen LogP contribution < -0.4 is 5.32 Å². The number of hydrogen-bond acceptors (Lipinski definition) is 4. The molecule has 1 aromatic carbocycles. The SMILES string of the molecule is Cn1ncc2c(NC3CCC(c4ccccc4)CC3)ncnc21. The summed E-state index contributed by atoms with van der Waals surface area (Å²) >= 11 is 0. The van der Waals surface area contributed by atoms with Crippen LogP contribution in [-0.2, 0) is 7.05 Å². The van der Waals surface area contributed by atoms with Gasteiger partial charge >= 0.3 is 0 Å². The van der Waals surface area contributed by atoms with Crippen molar-refractivity contribution in [1.82, 2.24) is 19.7 Å². The first-order chi connectivity index (χ1) is 11.3. The lowest BCUT2D eigenvalue weighted by Gasteiger charge is -2.29. The number of hydrogen-bond donors (Lipinski definition) is 1. The molecule has 5 nitrogen and oxygen atoms in total. The molecule has 0 atom stereocenters. The molecule has 1 aliphatic rings. The number of aryl methyl sites for hydroxylation is 1. The van der Waals surface area contributed by atoms with Crippen LogP contribution >= 0.6 is 0 Å². The van der Waals surface area contributed by atoms with E-state index in [9.17, 15) is 0 Å². The van der Waals surface area contributed by atoms with Crippen molar-refractivity contribution in [2.24, 2.45) is 7.05 Å². The lowest BCUT2D eigenvalue weighted by molar-refractivity contribution is 0.412. The van der Waals surface area contributed by atoms with Crippen molar-refractivity contribution in [3.05, 3.63) is 48.4 Å². The summed E-state index contributed by atoms with van der Waals surface area (Å²) in [6.07, 6.45) is 8.25. The highest BCUT2D eigenvalue weighted by atomic mass is 15.3. The van der Waals surface area contributed by atoms with Crippen LogP contribution in [0.5, 0.6) is 0 Å². The molecule has 3 aromatic rings. The minimum atomic E-state index is 0.480. The highest BCUT2D eigenvalue weighted by molar-refractivity contribution is 5.86. The molecule has 0 unspecified atom stereocenters. The van der Waals surface area contributed by atoms with E-state index in [-0.39, 0.29) is 0 Å². The molecule has 1 fully saturated rings. The molecule has 1 aliphatic carbocycles. The molecular formula is C18H21N5. The van der Waals surface area contributed by atoms with Gasteiger partial charge in [-0.1, -0.05) is 30.3 Å². The molecule has 2 aromatic heterocycles. The van der Waals surface area contributed by atoms with Gasteiger partial charge in [-0.15, -0.1) is 0 Å². The van der Waals surface area contributed by atoms with Crippen molar-refractivity contribution in [3.63, 3.8) is 0 Å². The first kappa shape index (κ1) is 14.2. The third-order valence-corrected chi connectivity index (χ3v) is 4.87. The normalized spacial score (nSPS) is 21.4. The maximum absolute atomic E-state index is 4.42. The molecule has 0 aliphatic heterocycles. The van der Waals surface area contributed by atoms with E-state index < -0.39 is 0 Å². The Balaban J connectivity index is 1.45. The Labute approximate surface area is 135 Å². The fraction of sp³-hybridized carbons (Fsp3) is 0.389. The first-order valence-corrected chi connectivity index (χ1v) is 8.25. The Kier molecular flexibility index (Phi) is 3.69. The van der Waals surface area contributed by atoms with Crippen molar-refractivity contribution in [2.45, 2.75) is 37.6 Å². The zero-order valence-corrected chi connectivity index (χ0v) is 13.3. The Morgan fingerprint density at radius 3 is 2.61 bits per heavy atom. The van der Waals surface area contributed by atoms with Crippen LogP contribution in [-0.4, -0.2) is 25.8 Å². The molecule has 23 heavy (non-hydrogen) atoms. The van der Waals surface area contributed by atoms with Gasteiger partial charge in [0.25, 0.3) is 0 Å². The van der Waals surface area contributed by atoms with Gasteiger partial charge in [-0.05, 0) is 37.2 Å². The highest BCUT2D eigenvalue weighted by Crippen LogP contribution is 2.34. The van der Waals surface area contributed by atoms with Crippen molar-refractivity contribution in [3.8, 4) is 0 Å². The van der Waals surface area contributed by atoms with Crippen LogP contribution in [0.25, 0.3) is 11.0 Å². The maximum atomic E-state index is 4.42. The van der Waals surface area contributed by atoms with Crippen molar-refractivity contribution in [2.75, 3.05) is 5.32 Å². The van der Waals surface area contributed by atoms with Gasteiger partial charge in [0, 0.05) is 13.1 Å². The topological polar surface area (TPSA) is 55.6 Å². The van der Waals surface area contributed by atoms with Gasteiger partial charge in [-0.25, -0.2) is 9.97 Å². The Hall–Kier alpha value is -2.43. The second-order valence-electron chi connectivity index (χ2n) is 6.33. The predicted octanol–water partition coefficient (Wildman–Crippen LogP) is 3.50. The molecule has 0 spiro atoms. The number of anilines is 1. The third-order valence-electron chi connectivity index (χ3n) is 4.87. The summed E-state index contributed by atoms with van der Waals surface area (Å²) in [6.45, 7) is 0. The second kappa shape index (κ2) is 5.99. The lowest BCUT2D eigenvalue weighted by atomic mass is 9.82. The number of aromatic nitrogens is 4. The minimum absolute atomic E-state index is 0.480. The molecule has 5 heteroatoms. The van der Waals surface area contributed by atoms with Gasteiger partial charge in [0.1, 0.15) is 12.1 Å². The fourth-order valence-corrected chi connectivity index (χ4v) is 3.57. The number of benzene rings is 1. The van der Waals surface area contributed by atoms with Gasteiger partial charge in [-0.3, -0.25) is 4.68 Å². The van der Waals surface area contributed by atoms with E-state index in [1.807, 2.05) is 13.2 Å². The van der Waals surface area contributed by atoms with Gasteiger partial charge in [0.15, 0.2) is 5.65 Å². The van der Waals surface area contributed by atoms with Crippen LogP contribution in [0, 0.1) is 0 Å². The van der Waals surface area contributed by atoms with Crippen molar-refractivity contribution in [1.29, 1.82) is 0 Å². The smallest absolute Gasteiger partial charge is 0.163 e. The Morgan fingerprint density at radius 1 is 1.04 bits per heavy atom. The van der Waals surface area contributed by atoms with E-state index in [1.54, 1.807) is 11.0 Å². The average Bonchev–Trinajstić information content (AvgIpc) is 2.99. The summed E-state index contributed by atoms with van der Waals surface area (Å²) in [5.74, 6) is 1.60. The molecule has 0 amide bonds. The summed E-state index contributed by atoms with van der Waals surface area (Å²) in [5.41, 5.74) is 2.35. The molecule has 1 saturated carbocycles. The number of fused-ring (bicyclic) bond motifs is 1. The van der Waals surface area contributed by atoms with E-state index in [1.165, 1.54) is 31.2 Å². The van der Waals surface area contributed by atoms with Crippen LogP contribution in [0.3, 0.4) is 0 Å². The standard InChI is InChI=1S/C18H21N5/c1-23-18-16(11-21-23)17(19-12-20-18)22-15-9-7-14(8-10-15)13-5-3-2-4-6-13/h2-6,11-12,14-15H,7-10H2,1H3,(H,19,20,22). The zero-order chi connectivity index (χ0) is 15.6. The highest BCUT2D eigenvalue weighted by Gasteiger charge is 2.23. The molecule has 2 heterocycles. The summed E-state index contributed by atoms with van der Waals surface area (Å²) in [6, 6.07) is 11.3. The van der Waals surface area contributed by atoms with Gasteiger partial charge < -0.3 is 5.32 Å². The van der Waals surface area contributed by atoms with E-state index in [2.05, 4.69) is 50.7 Å². The number of nitrogens with one attached hydrogen (secondary N) is 1. The van der Waals surface area contributed by atoms with Crippen molar-refractivity contribution < 1.29 is 0 Å². The van der Waals surface area contributed by atoms with E-state index >= 15 is 0 Å². The average molecular weight is 307 g/mol. The van der Waals surface area contributed by atoms with E-state index in [0.29, 0.717) is 12.0 Å². The summed E-state index contributed by atoms with van der Waals surface area (Å²) in [5, 5.41) is 8.88. The lowest BCUT2D eigenvalue weighted by Crippen LogP contribution is -2.26. The maximum Gasteiger partial charge on any atom is 0.163 e. The molecule has 0 saturated heterocycles.